The van der Waals surface area contributed by atoms with Crippen LogP contribution in [0.4, 0.5) is 0 Å². The highest BCUT2D eigenvalue weighted by Gasteiger charge is 2.42. The van der Waals surface area contributed by atoms with E-state index in [1.54, 1.807) is 23.3 Å². The number of rotatable bonds is 5. The molecule has 2 aliphatic rings. The van der Waals surface area contributed by atoms with Gasteiger partial charge in [-0.25, -0.2) is 0 Å². The van der Waals surface area contributed by atoms with Crippen LogP contribution >= 0.6 is 0 Å². The Kier molecular flexibility index (Phi) is 5.41. The van der Waals surface area contributed by atoms with Gasteiger partial charge in [0.25, 0.3) is 0 Å². The Morgan fingerprint density at radius 3 is 2.79 bits per heavy atom. The zero-order valence-electron chi connectivity index (χ0n) is 16.2. The van der Waals surface area contributed by atoms with Crippen molar-refractivity contribution in [3.05, 3.63) is 48.5 Å². The normalized spacial score (nSPS) is 22.6. The molecule has 2 saturated heterocycles. The maximum atomic E-state index is 12.8. The van der Waals surface area contributed by atoms with Crippen molar-refractivity contribution in [1.82, 2.24) is 24.6 Å². The monoisotopic (exact) mass is 381 g/mol. The van der Waals surface area contributed by atoms with Crippen molar-refractivity contribution in [2.24, 2.45) is 5.41 Å². The van der Waals surface area contributed by atoms with Crippen LogP contribution in [-0.4, -0.2) is 56.0 Å². The molecule has 7 nitrogen and oxygen atoms in total. The molecular weight excluding hydrogens is 354 g/mol. The first kappa shape index (κ1) is 18.7. The second kappa shape index (κ2) is 8.12. The average molecular weight is 381 g/mol. The summed E-state index contributed by atoms with van der Waals surface area (Å²) in [4.78, 5) is 33.3. The molecule has 2 aliphatic heterocycles. The van der Waals surface area contributed by atoms with Crippen LogP contribution in [0, 0.1) is 5.41 Å². The maximum Gasteiger partial charge on any atom is 0.224 e. The largest absolute Gasteiger partial charge is 0.342 e. The van der Waals surface area contributed by atoms with Gasteiger partial charge < -0.3 is 9.80 Å². The summed E-state index contributed by atoms with van der Waals surface area (Å²) in [5.74, 6) is 0.400. The van der Waals surface area contributed by atoms with Crippen molar-refractivity contribution >= 4 is 11.8 Å². The van der Waals surface area contributed by atoms with Crippen LogP contribution in [0.15, 0.2) is 43.0 Å². The molecule has 7 heteroatoms. The van der Waals surface area contributed by atoms with Gasteiger partial charge in [-0.05, 0) is 43.0 Å². The Bertz CT molecular complexity index is 807. The van der Waals surface area contributed by atoms with Crippen molar-refractivity contribution in [3.8, 4) is 0 Å². The van der Waals surface area contributed by atoms with Gasteiger partial charge >= 0.3 is 0 Å². The highest BCUT2D eigenvalue weighted by molar-refractivity contribution is 5.78. The fraction of sp³-hybridized carbons (Fsp3) is 0.524. The lowest BCUT2D eigenvalue weighted by Gasteiger charge is -2.48. The van der Waals surface area contributed by atoms with Gasteiger partial charge in [0.05, 0.1) is 0 Å². The van der Waals surface area contributed by atoms with Crippen LogP contribution in [0.25, 0.3) is 0 Å². The first-order valence-corrected chi connectivity index (χ1v) is 10.1. The van der Waals surface area contributed by atoms with Crippen LogP contribution < -0.4 is 0 Å². The number of carbonyl (C=O) groups is 2. The van der Waals surface area contributed by atoms with E-state index in [9.17, 15) is 9.59 Å². The molecule has 4 heterocycles. The quantitative estimate of drug-likeness (QED) is 0.795. The Labute approximate surface area is 165 Å². The van der Waals surface area contributed by atoms with Gasteiger partial charge in [0.1, 0.15) is 0 Å². The molecule has 0 bridgehead atoms. The molecule has 148 valence electrons. The highest BCUT2D eigenvalue weighted by Crippen LogP contribution is 2.39. The number of nitrogens with zero attached hydrogens (tertiary/aromatic N) is 5. The first-order valence-electron chi connectivity index (χ1n) is 10.1. The Hall–Kier alpha value is -2.70. The second-order valence-electron chi connectivity index (χ2n) is 8.04. The molecule has 0 radical (unpaired) electrons. The first-order chi connectivity index (χ1) is 13.6. The Morgan fingerprint density at radius 1 is 1.14 bits per heavy atom. The van der Waals surface area contributed by atoms with Gasteiger partial charge in [-0.1, -0.05) is 0 Å². The van der Waals surface area contributed by atoms with Crippen molar-refractivity contribution in [3.63, 3.8) is 0 Å². The summed E-state index contributed by atoms with van der Waals surface area (Å²) in [6.45, 7) is 3.54. The highest BCUT2D eigenvalue weighted by atomic mass is 16.2. The predicted molar refractivity (Wildman–Crippen MR) is 104 cm³/mol. The molecule has 1 spiro atoms. The zero-order chi connectivity index (χ0) is 19.4. The van der Waals surface area contributed by atoms with Gasteiger partial charge in [0.15, 0.2) is 0 Å². The van der Waals surface area contributed by atoms with Crippen molar-refractivity contribution in [2.75, 3.05) is 19.6 Å². The van der Waals surface area contributed by atoms with Gasteiger partial charge in [-0.15, -0.1) is 0 Å². The number of aryl methyl sites for hydroxylation is 1. The van der Waals surface area contributed by atoms with E-state index in [0.717, 1.165) is 44.5 Å². The fourth-order valence-corrected chi connectivity index (χ4v) is 4.51. The third-order valence-electron chi connectivity index (χ3n) is 6.00. The smallest absolute Gasteiger partial charge is 0.224 e. The third kappa shape index (κ3) is 4.24. The fourth-order valence-electron chi connectivity index (χ4n) is 4.51. The van der Waals surface area contributed by atoms with Crippen molar-refractivity contribution < 1.29 is 9.59 Å². The minimum absolute atomic E-state index is 0.0283. The minimum Gasteiger partial charge on any atom is -0.342 e. The Morgan fingerprint density at radius 2 is 2.00 bits per heavy atom. The van der Waals surface area contributed by atoms with Gasteiger partial charge in [0.2, 0.25) is 11.8 Å². The van der Waals surface area contributed by atoms with E-state index in [1.807, 2.05) is 34.2 Å². The van der Waals surface area contributed by atoms with E-state index in [4.69, 9.17) is 0 Å². The lowest BCUT2D eigenvalue weighted by Crippen LogP contribution is -2.54. The number of carbonyl (C=O) groups excluding carboxylic acids is 2. The number of amides is 2. The van der Waals surface area contributed by atoms with E-state index in [0.29, 0.717) is 25.9 Å². The summed E-state index contributed by atoms with van der Waals surface area (Å²) in [6, 6.07) is 5.79. The molecular formula is C21H27N5O2. The number of likely N-dealkylation sites (tertiary alicyclic amines) is 2. The van der Waals surface area contributed by atoms with Crippen LogP contribution in [0.1, 0.15) is 37.7 Å². The third-order valence-corrected chi connectivity index (χ3v) is 6.00. The predicted octanol–water partition coefficient (Wildman–Crippen LogP) is 2.10. The van der Waals surface area contributed by atoms with Gasteiger partial charge in [0, 0.05) is 75.8 Å². The number of aromatic nitrogens is 3. The molecule has 2 aromatic heterocycles. The van der Waals surface area contributed by atoms with Crippen LogP contribution in [0.3, 0.4) is 0 Å². The summed E-state index contributed by atoms with van der Waals surface area (Å²) in [5.41, 5.74) is 1.13. The lowest BCUT2D eigenvalue weighted by molar-refractivity contribution is -0.143. The Balaban J connectivity index is 1.39. The molecule has 0 aliphatic carbocycles. The van der Waals surface area contributed by atoms with E-state index < -0.39 is 0 Å². The summed E-state index contributed by atoms with van der Waals surface area (Å²) < 4.78 is 1.80. The van der Waals surface area contributed by atoms with Crippen LogP contribution in [-0.2, 0) is 22.7 Å². The summed E-state index contributed by atoms with van der Waals surface area (Å²) in [5, 5.41) is 4.17. The molecule has 4 rings (SSSR count). The number of hydrogen-bond donors (Lipinski definition) is 0. The molecule has 0 aromatic carbocycles. The molecule has 28 heavy (non-hydrogen) atoms. The number of hydrogen-bond acceptors (Lipinski definition) is 4. The van der Waals surface area contributed by atoms with E-state index in [-0.39, 0.29) is 17.2 Å². The van der Waals surface area contributed by atoms with Crippen molar-refractivity contribution in [1.29, 1.82) is 0 Å². The second-order valence-corrected chi connectivity index (χ2v) is 8.04. The standard InChI is InChI=1S/C21H27N5O2/c27-19-3-8-21(17-25(19)15-18-4-10-22-11-5-18)7-1-12-24(16-21)20(28)6-14-26-13-2-9-23-26/h2,4-5,9-11,13H,1,3,6-8,12,14-17H2. The summed E-state index contributed by atoms with van der Waals surface area (Å²) in [6.07, 6.45) is 11.1. The SMILES string of the molecule is O=C(CCn1cccn1)N1CCCC2(CCC(=O)N(Cc3ccncc3)C2)C1. The molecule has 0 N–H and O–H groups in total. The summed E-state index contributed by atoms with van der Waals surface area (Å²) >= 11 is 0. The minimum atomic E-state index is 0.0283. The molecule has 2 aromatic rings. The maximum absolute atomic E-state index is 12.8. The van der Waals surface area contributed by atoms with Crippen molar-refractivity contribution in [2.45, 2.75) is 45.2 Å². The summed E-state index contributed by atoms with van der Waals surface area (Å²) in [7, 11) is 0. The molecule has 0 saturated carbocycles. The van der Waals surface area contributed by atoms with Crippen LogP contribution in [0.5, 0.6) is 0 Å². The zero-order valence-corrected chi connectivity index (χ0v) is 16.2. The van der Waals surface area contributed by atoms with E-state index >= 15 is 0 Å². The molecule has 1 atom stereocenters. The molecule has 2 fully saturated rings. The number of pyridine rings is 1. The number of piperidine rings is 2. The van der Waals surface area contributed by atoms with E-state index in [1.165, 1.54) is 0 Å². The average Bonchev–Trinajstić information content (AvgIpc) is 3.24. The van der Waals surface area contributed by atoms with Gasteiger partial charge in [-0.3, -0.25) is 19.3 Å². The lowest BCUT2D eigenvalue weighted by atomic mass is 9.73. The van der Waals surface area contributed by atoms with Gasteiger partial charge in [-0.2, -0.15) is 5.10 Å². The van der Waals surface area contributed by atoms with E-state index in [2.05, 4.69) is 10.1 Å². The molecule has 2 amide bonds. The molecule has 1 unspecified atom stereocenters. The topological polar surface area (TPSA) is 71.3 Å². The van der Waals surface area contributed by atoms with Crippen LogP contribution in [0.2, 0.25) is 0 Å².